The van der Waals surface area contributed by atoms with Crippen LogP contribution in [0.1, 0.15) is 30.1 Å². The van der Waals surface area contributed by atoms with E-state index in [-0.39, 0.29) is 23.8 Å². The average molecular weight is 323 g/mol. The molecule has 2 aromatic rings. The number of hydrogen-bond acceptors (Lipinski definition) is 2. The van der Waals surface area contributed by atoms with Crippen LogP contribution >= 0.6 is 0 Å². The summed E-state index contributed by atoms with van der Waals surface area (Å²) in [6, 6.07) is 14.2. The molecule has 2 amide bonds. The van der Waals surface area contributed by atoms with Crippen LogP contribution in [-0.4, -0.2) is 34.4 Å². The van der Waals surface area contributed by atoms with E-state index in [0.717, 1.165) is 24.2 Å². The molecule has 3 heterocycles. The summed E-state index contributed by atoms with van der Waals surface area (Å²) in [5, 5.41) is 2.81. The molecule has 1 aromatic carbocycles. The molecule has 5 nitrogen and oxygen atoms in total. The van der Waals surface area contributed by atoms with Crippen molar-refractivity contribution in [2.24, 2.45) is 5.92 Å². The van der Waals surface area contributed by atoms with Crippen LogP contribution in [0, 0.1) is 5.92 Å². The summed E-state index contributed by atoms with van der Waals surface area (Å²) >= 11 is 0. The first-order valence-corrected chi connectivity index (χ1v) is 8.51. The number of carbonyl (C=O) groups excluding carboxylic acids is 2. The van der Waals surface area contributed by atoms with Crippen molar-refractivity contribution in [2.45, 2.75) is 25.4 Å². The van der Waals surface area contributed by atoms with E-state index in [2.05, 4.69) is 34.3 Å². The molecule has 0 unspecified atom stereocenters. The van der Waals surface area contributed by atoms with Crippen LogP contribution in [-0.2, 0) is 16.1 Å². The van der Waals surface area contributed by atoms with Crippen molar-refractivity contribution in [3.8, 4) is 0 Å². The van der Waals surface area contributed by atoms with Gasteiger partial charge in [-0.25, -0.2) is 0 Å². The lowest BCUT2D eigenvalue weighted by atomic mass is 9.92. The number of piperidine rings is 1. The predicted octanol–water partition coefficient (Wildman–Crippen LogP) is 1.95. The molecule has 24 heavy (non-hydrogen) atoms. The lowest BCUT2D eigenvalue weighted by Gasteiger charge is -2.39. The maximum absolute atomic E-state index is 13.2. The molecule has 124 valence electrons. The number of carbonyl (C=O) groups is 2. The largest absolute Gasteiger partial charge is 0.356 e. The summed E-state index contributed by atoms with van der Waals surface area (Å²) in [6.07, 6.45) is 3.10. The van der Waals surface area contributed by atoms with E-state index >= 15 is 0 Å². The molecule has 0 aliphatic carbocycles. The Bertz CT molecular complexity index is 753. The summed E-state index contributed by atoms with van der Waals surface area (Å²) in [6.45, 7) is 2.07. The molecule has 2 aliphatic heterocycles. The van der Waals surface area contributed by atoms with E-state index in [4.69, 9.17) is 0 Å². The van der Waals surface area contributed by atoms with Crippen molar-refractivity contribution in [3.63, 3.8) is 0 Å². The highest BCUT2D eigenvalue weighted by Gasteiger charge is 2.36. The third kappa shape index (κ3) is 2.60. The van der Waals surface area contributed by atoms with Crippen molar-refractivity contribution in [1.82, 2.24) is 14.8 Å². The van der Waals surface area contributed by atoms with Gasteiger partial charge in [0, 0.05) is 43.9 Å². The number of amides is 2. The van der Waals surface area contributed by atoms with Crippen LogP contribution in [0.25, 0.3) is 0 Å². The van der Waals surface area contributed by atoms with E-state index < -0.39 is 0 Å². The SMILES string of the molecule is O=C1C[C@@H](C(=O)N2CCn3cccc3[C@H]2c2ccccc2)CCN1. The number of nitrogens with zero attached hydrogens (tertiary/aromatic N) is 2. The van der Waals surface area contributed by atoms with Gasteiger partial charge in [-0.3, -0.25) is 9.59 Å². The third-order valence-electron chi connectivity index (χ3n) is 5.03. The first-order valence-electron chi connectivity index (χ1n) is 8.51. The first kappa shape index (κ1) is 15.0. The standard InChI is InChI=1S/C19H21N3O2/c23-17-13-15(8-9-20-17)19(24)22-12-11-21-10-4-7-16(21)18(22)14-5-2-1-3-6-14/h1-7,10,15,18H,8-9,11-13H2,(H,20,23)/t15-,18+/m0/s1. The highest BCUT2D eigenvalue weighted by atomic mass is 16.2. The van der Waals surface area contributed by atoms with E-state index in [1.54, 1.807) is 0 Å². The van der Waals surface area contributed by atoms with Gasteiger partial charge in [0.1, 0.15) is 0 Å². The Morgan fingerprint density at radius 1 is 1.08 bits per heavy atom. The first-order chi connectivity index (χ1) is 11.7. The van der Waals surface area contributed by atoms with Crippen molar-refractivity contribution in [2.75, 3.05) is 13.1 Å². The average Bonchev–Trinajstić information content (AvgIpc) is 3.09. The lowest BCUT2D eigenvalue weighted by Crippen LogP contribution is -2.48. The number of rotatable bonds is 2. The van der Waals surface area contributed by atoms with Crippen LogP contribution in [0.5, 0.6) is 0 Å². The molecule has 1 saturated heterocycles. The molecular formula is C19H21N3O2. The summed E-state index contributed by atoms with van der Waals surface area (Å²) in [4.78, 5) is 26.8. The molecule has 4 rings (SSSR count). The maximum Gasteiger partial charge on any atom is 0.227 e. The zero-order chi connectivity index (χ0) is 16.5. The van der Waals surface area contributed by atoms with Crippen LogP contribution in [0.3, 0.4) is 0 Å². The molecule has 0 bridgehead atoms. The molecular weight excluding hydrogens is 302 g/mol. The Balaban J connectivity index is 1.68. The van der Waals surface area contributed by atoms with Gasteiger partial charge in [0.25, 0.3) is 0 Å². The van der Waals surface area contributed by atoms with Crippen LogP contribution in [0.4, 0.5) is 0 Å². The van der Waals surface area contributed by atoms with Gasteiger partial charge in [-0.05, 0) is 24.1 Å². The number of nitrogens with one attached hydrogen (secondary N) is 1. The van der Waals surface area contributed by atoms with Gasteiger partial charge >= 0.3 is 0 Å². The van der Waals surface area contributed by atoms with E-state index in [9.17, 15) is 9.59 Å². The van der Waals surface area contributed by atoms with Crippen LogP contribution < -0.4 is 5.32 Å². The predicted molar refractivity (Wildman–Crippen MR) is 90.2 cm³/mol. The number of fused-ring (bicyclic) bond motifs is 1. The highest BCUT2D eigenvalue weighted by Crippen LogP contribution is 2.34. The Hall–Kier alpha value is -2.56. The van der Waals surface area contributed by atoms with Gasteiger partial charge in [0.05, 0.1) is 6.04 Å². The fraction of sp³-hybridized carbons (Fsp3) is 0.368. The molecule has 0 radical (unpaired) electrons. The summed E-state index contributed by atoms with van der Waals surface area (Å²) in [5.74, 6) is -0.117. The monoisotopic (exact) mass is 323 g/mol. The zero-order valence-corrected chi connectivity index (χ0v) is 13.5. The van der Waals surface area contributed by atoms with Crippen molar-refractivity contribution < 1.29 is 9.59 Å². The zero-order valence-electron chi connectivity index (χ0n) is 13.5. The van der Waals surface area contributed by atoms with E-state index in [1.165, 1.54) is 0 Å². The van der Waals surface area contributed by atoms with Crippen molar-refractivity contribution in [1.29, 1.82) is 0 Å². The molecule has 0 spiro atoms. The van der Waals surface area contributed by atoms with Crippen LogP contribution in [0.2, 0.25) is 0 Å². The molecule has 2 atom stereocenters. The minimum atomic E-state index is -0.202. The fourth-order valence-corrected chi connectivity index (χ4v) is 3.84. The Morgan fingerprint density at radius 2 is 1.92 bits per heavy atom. The Labute approximate surface area is 141 Å². The van der Waals surface area contributed by atoms with Gasteiger partial charge < -0.3 is 14.8 Å². The smallest absolute Gasteiger partial charge is 0.227 e. The molecule has 2 aliphatic rings. The number of benzene rings is 1. The second kappa shape index (κ2) is 6.15. The number of hydrogen-bond donors (Lipinski definition) is 1. The normalized spacial score (nSPS) is 23.5. The second-order valence-corrected chi connectivity index (χ2v) is 6.51. The third-order valence-corrected chi connectivity index (χ3v) is 5.03. The Kier molecular flexibility index (Phi) is 3.84. The number of aromatic nitrogens is 1. The summed E-state index contributed by atoms with van der Waals surface area (Å²) < 4.78 is 2.22. The minimum absolute atomic E-state index is 0.0174. The topological polar surface area (TPSA) is 54.3 Å². The van der Waals surface area contributed by atoms with Gasteiger partial charge in [-0.2, -0.15) is 0 Å². The molecule has 1 N–H and O–H groups in total. The van der Waals surface area contributed by atoms with Crippen molar-refractivity contribution in [3.05, 3.63) is 59.9 Å². The van der Waals surface area contributed by atoms with Gasteiger partial charge in [-0.15, -0.1) is 0 Å². The quantitative estimate of drug-likeness (QED) is 0.918. The second-order valence-electron chi connectivity index (χ2n) is 6.51. The highest BCUT2D eigenvalue weighted by molar-refractivity contribution is 5.87. The van der Waals surface area contributed by atoms with Crippen LogP contribution in [0.15, 0.2) is 48.7 Å². The van der Waals surface area contributed by atoms with Gasteiger partial charge in [0.2, 0.25) is 11.8 Å². The Morgan fingerprint density at radius 3 is 2.71 bits per heavy atom. The van der Waals surface area contributed by atoms with E-state index in [0.29, 0.717) is 19.5 Å². The van der Waals surface area contributed by atoms with Crippen molar-refractivity contribution >= 4 is 11.8 Å². The minimum Gasteiger partial charge on any atom is -0.356 e. The summed E-state index contributed by atoms with van der Waals surface area (Å²) in [7, 11) is 0. The van der Waals surface area contributed by atoms with E-state index in [1.807, 2.05) is 29.2 Å². The van der Waals surface area contributed by atoms with Gasteiger partial charge in [-0.1, -0.05) is 30.3 Å². The molecule has 5 heteroatoms. The molecule has 1 aromatic heterocycles. The molecule has 1 fully saturated rings. The fourth-order valence-electron chi connectivity index (χ4n) is 3.84. The summed E-state index contributed by atoms with van der Waals surface area (Å²) in [5.41, 5.74) is 2.26. The molecule has 0 saturated carbocycles. The maximum atomic E-state index is 13.2. The lowest BCUT2D eigenvalue weighted by molar-refractivity contribution is -0.142. The van der Waals surface area contributed by atoms with Gasteiger partial charge in [0.15, 0.2) is 0 Å².